The van der Waals surface area contributed by atoms with E-state index in [1.807, 2.05) is 0 Å². The van der Waals surface area contributed by atoms with E-state index in [2.05, 4.69) is 11.8 Å². The van der Waals surface area contributed by atoms with Crippen molar-refractivity contribution in [3.05, 3.63) is 0 Å². The summed E-state index contributed by atoms with van der Waals surface area (Å²) in [5.41, 5.74) is 0. The molecule has 0 bridgehead atoms. The maximum Gasteiger partial charge on any atom is 0.0593 e. The van der Waals surface area contributed by atoms with E-state index in [1.54, 1.807) is 0 Å². The molecule has 0 atom stereocenters. The van der Waals surface area contributed by atoms with Gasteiger partial charge in [-0.25, -0.2) is 0 Å². The van der Waals surface area contributed by atoms with Crippen LogP contribution in [0.15, 0.2) is 0 Å². The summed E-state index contributed by atoms with van der Waals surface area (Å²) in [5, 5.41) is 9.09. The number of aliphatic hydroxyl groups is 1. The second-order valence-corrected chi connectivity index (χ2v) is 4.66. The predicted octanol–water partition coefficient (Wildman–Crippen LogP) is 2.04. The minimum Gasteiger partial charge on any atom is -0.395 e. The lowest BCUT2D eigenvalue weighted by molar-refractivity contribution is 0.0657. The predicted molar refractivity (Wildman–Crippen MR) is 66.6 cm³/mol. The second kappa shape index (κ2) is 8.97. The Morgan fingerprint density at radius 3 is 2.50 bits per heavy atom. The van der Waals surface area contributed by atoms with E-state index < -0.39 is 0 Å². The summed E-state index contributed by atoms with van der Waals surface area (Å²) in [4.78, 5) is 2.41. The molecule has 0 radical (unpaired) electrons. The zero-order valence-corrected chi connectivity index (χ0v) is 10.7. The van der Waals surface area contributed by atoms with Gasteiger partial charge in [0, 0.05) is 25.7 Å². The van der Waals surface area contributed by atoms with Gasteiger partial charge in [0.05, 0.1) is 13.2 Å². The molecule has 1 N–H and O–H groups in total. The fourth-order valence-corrected chi connectivity index (χ4v) is 2.48. The van der Waals surface area contributed by atoms with E-state index in [0.717, 1.165) is 32.7 Å². The van der Waals surface area contributed by atoms with Gasteiger partial charge >= 0.3 is 0 Å². The van der Waals surface area contributed by atoms with Gasteiger partial charge in [0.15, 0.2) is 0 Å². The molecule has 0 aromatic rings. The molecular weight excluding hydrogens is 202 g/mol. The maximum atomic E-state index is 9.09. The molecule has 0 amide bonds. The van der Waals surface area contributed by atoms with Gasteiger partial charge < -0.3 is 9.84 Å². The van der Waals surface area contributed by atoms with Gasteiger partial charge in [-0.15, -0.1) is 0 Å². The zero-order valence-electron chi connectivity index (χ0n) is 10.7. The molecule has 1 aliphatic rings. The van der Waals surface area contributed by atoms with Gasteiger partial charge in [-0.3, -0.25) is 4.90 Å². The summed E-state index contributed by atoms with van der Waals surface area (Å²) in [6.45, 7) is 5.85. The molecule has 1 rings (SSSR count). The molecule has 3 heteroatoms. The minimum atomic E-state index is 0.268. The van der Waals surface area contributed by atoms with Crippen molar-refractivity contribution < 1.29 is 9.84 Å². The van der Waals surface area contributed by atoms with Crippen molar-refractivity contribution in [2.45, 2.75) is 51.5 Å². The van der Waals surface area contributed by atoms with E-state index in [4.69, 9.17) is 9.84 Å². The molecule has 0 aromatic carbocycles. The van der Waals surface area contributed by atoms with Crippen LogP contribution in [0.3, 0.4) is 0 Å². The van der Waals surface area contributed by atoms with Crippen LogP contribution in [-0.2, 0) is 4.74 Å². The van der Waals surface area contributed by atoms with Crippen molar-refractivity contribution >= 4 is 0 Å². The first-order valence-corrected chi connectivity index (χ1v) is 6.81. The molecule has 16 heavy (non-hydrogen) atoms. The highest BCUT2D eigenvalue weighted by molar-refractivity contribution is 4.75. The SMILES string of the molecule is CCCOCCN(CCO)C1CCCCC1. The fourth-order valence-electron chi connectivity index (χ4n) is 2.48. The van der Waals surface area contributed by atoms with E-state index in [-0.39, 0.29) is 6.61 Å². The Morgan fingerprint density at radius 1 is 1.12 bits per heavy atom. The van der Waals surface area contributed by atoms with Crippen molar-refractivity contribution in [3.8, 4) is 0 Å². The van der Waals surface area contributed by atoms with Gasteiger partial charge in [-0.05, 0) is 19.3 Å². The van der Waals surface area contributed by atoms with Crippen LogP contribution in [0.1, 0.15) is 45.4 Å². The monoisotopic (exact) mass is 229 g/mol. The summed E-state index contributed by atoms with van der Waals surface area (Å²) >= 11 is 0. The average Bonchev–Trinajstić information content (AvgIpc) is 2.34. The first kappa shape index (κ1) is 13.9. The van der Waals surface area contributed by atoms with Crippen molar-refractivity contribution in [1.82, 2.24) is 4.90 Å². The number of hydrogen-bond donors (Lipinski definition) is 1. The van der Waals surface area contributed by atoms with Crippen molar-refractivity contribution in [1.29, 1.82) is 0 Å². The third-order valence-corrected chi connectivity index (χ3v) is 3.35. The van der Waals surface area contributed by atoms with Gasteiger partial charge in [0.25, 0.3) is 0 Å². The topological polar surface area (TPSA) is 32.7 Å². The Morgan fingerprint density at radius 2 is 1.88 bits per heavy atom. The average molecular weight is 229 g/mol. The lowest BCUT2D eigenvalue weighted by Gasteiger charge is -2.33. The molecule has 3 nitrogen and oxygen atoms in total. The molecule has 96 valence electrons. The molecule has 0 spiro atoms. The Balaban J connectivity index is 2.22. The summed E-state index contributed by atoms with van der Waals surface area (Å²) in [6.07, 6.45) is 7.77. The van der Waals surface area contributed by atoms with Crippen molar-refractivity contribution in [2.75, 3.05) is 32.9 Å². The number of aliphatic hydroxyl groups excluding tert-OH is 1. The lowest BCUT2D eigenvalue weighted by atomic mass is 9.94. The van der Waals surface area contributed by atoms with Crippen LogP contribution in [0.25, 0.3) is 0 Å². The van der Waals surface area contributed by atoms with Crippen LogP contribution in [0.2, 0.25) is 0 Å². The van der Waals surface area contributed by atoms with Crippen LogP contribution < -0.4 is 0 Å². The Hall–Kier alpha value is -0.120. The van der Waals surface area contributed by atoms with Crippen LogP contribution in [0.4, 0.5) is 0 Å². The van der Waals surface area contributed by atoms with Gasteiger partial charge in [0.2, 0.25) is 0 Å². The summed E-state index contributed by atoms with van der Waals surface area (Å²) in [7, 11) is 0. The third-order valence-electron chi connectivity index (χ3n) is 3.35. The second-order valence-electron chi connectivity index (χ2n) is 4.66. The standard InChI is InChI=1S/C13H27NO2/c1-2-11-16-12-9-14(8-10-15)13-6-4-3-5-7-13/h13,15H,2-12H2,1H3. The maximum absolute atomic E-state index is 9.09. The molecule has 1 aliphatic carbocycles. The van der Waals surface area contributed by atoms with Crippen molar-refractivity contribution in [3.63, 3.8) is 0 Å². The van der Waals surface area contributed by atoms with E-state index in [9.17, 15) is 0 Å². The largest absolute Gasteiger partial charge is 0.395 e. The normalized spacial score (nSPS) is 18.2. The van der Waals surface area contributed by atoms with Crippen LogP contribution in [0, 0.1) is 0 Å². The zero-order chi connectivity index (χ0) is 11.6. The summed E-state index contributed by atoms with van der Waals surface area (Å²) in [6, 6.07) is 0.686. The molecule has 1 saturated carbocycles. The first-order chi connectivity index (χ1) is 7.88. The van der Waals surface area contributed by atoms with Gasteiger partial charge in [-0.1, -0.05) is 26.2 Å². The van der Waals surface area contributed by atoms with E-state index >= 15 is 0 Å². The van der Waals surface area contributed by atoms with Gasteiger partial charge in [0.1, 0.15) is 0 Å². The van der Waals surface area contributed by atoms with Gasteiger partial charge in [-0.2, -0.15) is 0 Å². The fraction of sp³-hybridized carbons (Fsp3) is 1.00. The highest BCUT2D eigenvalue weighted by Gasteiger charge is 2.20. The third kappa shape index (κ3) is 5.28. The van der Waals surface area contributed by atoms with Crippen LogP contribution >= 0.6 is 0 Å². The molecular formula is C13H27NO2. The number of ether oxygens (including phenoxy) is 1. The van der Waals surface area contributed by atoms with Crippen LogP contribution in [0.5, 0.6) is 0 Å². The Kier molecular flexibility index (Phi) is 7.81. The molecule has 0 unspecified atom stereocenters. The quantitative estimate of drug-likeness (QED) is 0.647. The first-order valence-electron chi connectivity index (χ1n) is 6.81. The number of nitrogens with zero attached hydrogens (tertiary/aromatic N) is 1. The number of hydrogen-bond acceptors (Lipinski definition) is 3. The summed E-state index contributed by atoms with van der Waals surface area (Å²) < 4.78 is 5.53. The number of rotatable bonds is 8. The molecule has 0 saturated heterocycles. The lowest BCUT2D eigenvalue weighted by Crippen LogP contribution is -2.40. The van der Waals surface area contributed by atoms with E-state index in [1.165, 1.54) is 32.1 Å². The highest BCUT2D eigenvalue weighted by atomic mass is 16.5. The summed E-state index contributed by atoms with van der Waals surface area (Å²) in [5.74, 6) is 0. The molecule has 0 aliphatic heterocycles. The molecule has 0 aromatic heterocycles. The Bertz CT molecular complexity index is 158. The Labute approximate surface area is 99.8 Å². The molecule has 1 fully saturated rings. The van der Waals surface area contributed by atoms with Crippen LogP contribution in [-0.4, -0.2) is 49.0 Å². The van der Waals surface area contributed by atoms with Crippen molar-refractivity contribution in [2.24, 2.45) is 0 Å². The molecule has 0 heterocycles. The van der Waals surface area contributed by atoms with E-state index in [0.29, 0.717) is 6.04 Å². The minimum absolute atomic E-state index is 0.268. The highest BCUT2D eigenvalue weighted by Crippen LogP contribution is 2.22. The smallest absolute Gasteiger partial charge is 0.0593 e.